The van der Waals surface area contributed by atoms with Crippen LogP contribution < -0.4 is 5.73 Å². The third kappa shape index (κ3) is 2.44. The molecule has 1 rings (SSSR count). The highest BCUT2D eigenvalue weighted by Crippen LogP contribution is 2.24. The van der Waals surface area contributed by atoms with E-state index < -0.39 is 28.9 Å². The number of nitrogens with two attached hydrogens (primary N) is 1. The minimum Gasteiger partial charge on any atom is -0.319 e. The van der Waals surface area contributed by atoms with Gasteiger partial charge in [-0.2, -0.15) is 4.39 Å². The number of benzene rings is 1. The summed E-state index contributed by atoms with van der Waals surface area (Å²) >= 11 is 0. The SMILES string of the molecule is NC(c1ccc(F)c([N+](=O)[O-])c1)C(F)F. The number of hydrogen-bond acceptors (Lipinski definition) is 3. The van der Waals surface area contributed by atoms with E-state index in [0.29, 0.717) is 6.07 Å². The average molecular weight is 220 g/mol. The van der Waals surface area contributed by atoms with E-state index in [9.17, 15) is 23.3 Å². The van der Waals surface area contributed by atoms with E-state index in [1.807, 2.05) is 0 Å². The molecule has 0 aliphatic rings. The highest BCUT2D eigenvalue weighted by Gasteiger charge is 2.22. The zero-order valence-corrected chi connectivity index (χ0v) is 7.36. The lowest BCUT2D eigenvalue weighted by atomic mass is 10.1. The Morgan fingerprint density at radius 3 is 2.47 bits per heavy atom. The smallest absolute Gasteiger partial charge is 0.305 e. The molecule has 0 aliphatic carbocycles. The quantitative estimate of drug-likeness (QED) is 0.625. The summed E-state index contributed by atoms with van der Waals surface area (Å²) in [5.74, 6) is -1.08. The molecule has 0 radical (unpaired) electrons. The lowest BCUT2D eigenvalue weighted by Gasteiger charge is -2.10. The normalized spacial score (nSPS) is 12.9. The van der Waals surface area contributed by atoms with Gasteiger partial charge in [0.25, 0.3) is 6.43 Å². The Morgan fingerprint density at radius 2 is 2.00 bits per heavy atom. The summed E-state index contributed by atoms with van der Waals surface area (Å²) in [6.07, 6.45) is -2.85. The van der Waals surface area contributed by atoms with E-state index in [0.717, 1.165) is 12.1 Å². The van der Waals surface area contributed by atoms with Gasteiger partial charge in [-0.25, -0.2) is 8.78 Å². The molecule has 0 saturated heterocycles. The van der Waals surface area contributed by atoms with Crippen molar-refractivity contribution < 1.29 is 18.1 Å². The predicted octanol–water partition coefficient (Wildman–Crippen LogP) is 2.00. The summed E-state index contributed by atoms with van der Waals surface area (Å²) < 4.78 is 37.1. The van der Waals surface area contributed by atoms with Gasteiger partial charge in [-0.3, -0.25) is 10.1 Å². The standard InChI is InChI=1S/C8H7F3N2O2/c9-5-2-1-4(7(12)8(10)11)3-6(5)13(14)15/h1-3,7-8H,12H2. The minimum atomic E-state index is -2.85. The summed E-state index contributed by atoms with van der Waals surface area (Å²) in [4.78, 5) is 9.31. The van der Waals surface area contributed by atoms with Crippen LogP contribution in [0.25, 0.3) is 0 Å². The zero-order chi connectivity index (χ0) is 11.6. The topological polar surface area (TPSA) is 69.2 Å². The Bertz CT molecular complexity index is 384. The average Bonchev–Trinajstić information content (AvgIpc) is 2.16. The fourth-order valence-corrected chi connectivity index (χ4v) is 1.02. The van der Waals surface area contributed by atoms with Crippen molar-refractivity contribution in [2.75, 3.05) is 0 Å². The Hall–Kier alpha value is -1.63. The number of nitro benzene ring substituents is 1. The van der Waals surface area contributed by atoms with Crippen molar-refractivity contribution in [3.63, 3.8) is 0 Å². The van der Waals surface area contributed by atoms with Crippen molar-refractivity contribution in [2.24, 2.45) is 5.73 Å². The first-order valence-electron chi connectivity index (χ1n) is 3.91. The fourth-order valence-electron chi connectivity index (χ4n) is 1.02. The summed E-state index contributed by atoms with van der Waals surface area (Å²) in [7, 11) is 0. The molecular weight excluding hydrogens is 213 g/mol. The molecule has 15 heavy (non-hydrogen) atoms. The van der Waals surface area contributed by atoms with Gasteiger partial charge >= 0.3 is 5.69 Å². The molecule has 0 heterocycles. The van der Waals surface area contributed by atoms with Gasteiger partial charge < -0.3 is 5.73 Å². The molecule has 1 aromatic rings. The van der Waals surface area contributed by atoms with E-state index in [4.69, 9.17) is 5.73 Å². The number of hydrogen-bond donors (Lipinski definition) is 1. The highest BCUT2D eigenvalue weighted by atomic mass is 19.3. The second-order valence-electron chi connectivity index (χ2n) is 2.83. The number of alkyl halides is 2. The maximum Gasteiger partial charge on any atom is 0.305 e. The highest BCUT2D eigenvalue weighted by molar-refractivity contribution is 5.37. The van der Waals surface area contributed by atoms with E-state index in [-0.39, 0.29) is 5.56 Å². The van der Waals surface area contributed by atoms with E-state index >= 15 is 0 Å². The van der Waals surface area contributed by atoms with Crippen LogP contribution in [-0.2, 0) is 0 Å². The first-order chi connectivity index (χ1) is 6.93. The Morgan fingerprint density at radius 1 is 1.40 bits per heavy atom. The summed E-state index contributed by atoms with van der Waals surface area (Å²) in [5, 5.41) is 10.3. The third-order valence-corrected chi connectivity index (χ3v) is 1.82. The van der Waals surface area contributed by atoms with Crippen LogP contribution >= 0.6 is 0 Å². The molecule has 0 saturated carbocycles. The van der Waals surface area contributed by atoms with Gasteiger partial charge in [0.2, 0.25) is 5.82 Å². The minimum absolute atomic E-state index is 0.168. The lowest BCUT2D eigenvalue weighted by Crippen LogP contribution is -2.19. The van der Waals surface area contributed by atoms with Crippen LogP contribution in [0.15, 0.2) is 18.2 Å². The van der Waals surface area contributed by atoms with Crippen molar-refractivity contribution in [2.45, 2.75) is 12.5 Å². The van der Waals surface area contributed by atoms with Crippen LogP contribution in [0.3, 0.4) is 0 Å². The van der Waals surface area contributed by atoms with Crippen LogP contribution in [0.1, 0.15) is 11.6 Å². The van der Waals surface area contributed by atoms with Gasteiger partial charge in [-0.1, -0.05) is 6.07 Å². The monoisotopic (exact) mass is 220 g/mol. The van der Waals surface area contributed by atoms with Crippen molar-refractivity contribution in [1.82, 2.24) is 0 Å². The Balaban J connectivity index is 3.13. The molecule has 0 aliphatic heterocycles. The molecule has 0 fully saturated rings. The molecule has 0 spiro atoms. The molecule has 1 aromatic carbocycles. The predicted molar refractivity (Wildman–Crippen MR) is 46.0 cm³/mol. The van der Waals surface area contributed by atoms with Crippen molar-refractivity contribution in [1.29, 1.82) is 0 Å². The largest absolute Gasteiger partial charge is 0.319 e. The maximum atomic E-state index is 12.8. The Labute approximate surface area is 82.7 Å². The van der Waals surface area contributed by atoms with Gasteiger partial charge in [0.05, 0.1) is 11.0 Å². The molecule has 0 bridgehead atoms. The lowest BCUT2D eigenvalue weighted by molar-refractivity contribution is -0.387. The molecule has 1 unspecified atom stereocenters. The summed E-state index contributed by atoms with van der Waals surface area (Å²) in [5.41, 5.74) is 4.04. The van der Waals surface area contributed by atoms with Gasteiger partial charge in [-0.05, 0) is 11.6 Å². The van der Waals surface area contributed by atoms with Gasteiger partial charge in [0.15, 0.2) is 0 Å². The van der Waals surface area contributed by atoms with E-state index in [1.165, 1.54) is 0 Å². The molecule has 0 amide bonds. The van der Waals surface area contributed by atoms with E-state index in [1.54, 1.807) is 0 Å². The molecule has 0 aromatic heterocycles. The molecule has 7 heteroatoms. The summed E-state index contributed by atoms with van der Waals surface area (Å²) in [6, 6.07) is 0.811. The molecular formula is C8H7F3N2O2. The zero-order valence-electron chi connectivity index (χ0n) is 7.36. The number of nitro groups is 1. The fraction of sp³-hybridized carbons (Fsp3) is 0.250. The molecule has 1 atom stereocenters. The number of nitrogens with zero attached hydrogens (tertiary/aromatic N) is 1. The summed E-state index contributed by atoms with van der Waals surface area (Å²) in [6.45, 7) is 0. The van der Waals surface area contributed by atoms with E-state index in [2.05, 4.69) is 0 Å². The van der Waals surface area contributed by atoms with Crippen molar-refractivity contribution in [3.8, 4) is 0 Å². The van der Waals surface area contributed by atoms with Crippen LogP contribution in [-0.4, -0.2) is 11.3 Å². The van der Waals surface area contributed by atoms with Crippen LogP contribution in [0.2, 0.25) is 0 Å². The van der Waals surface area contributed by atoms with Gasteiger partial charge in [-0.15, -0.1) is 0 Å². The van der Waals surface area contributed by atoms with Crippen LogP contribution in [0, 0.1) is 15.9 Å². The van der Waals surface area contributed by atoms with Crippen molar-refractivity contribution >= 4 is 5.69 Å². The van der Waals surface area contributed by atoms with Crippen LogP contribution in [0.4, 0.5) is 18.9 Å². The van der Waals surface area contributed by atoms with Gasteiger partial charge in [0.1, 0.15) is 0 Å². The Kier molecular flexibility index (Phi) is 3.25. The molecule has 82 valence electrons. The maximum absolute atomic E-state index is 12.8. The second-order valence-corrected chi connectivity index (χ2v) is 2.83. The number of rotatable bonds is 3. The van der Waals surface area contributed by atoms with Crippen molar-refractivity contribution in [3.05, 3.63) is 39.7 Å². The second kappa shape index (κ2) is 4.26. The third-order valence-electron chi connectivity index (χ3n) is 1.82. The van der Waals surface area contributed by atoms with Crippen LogP contribution in [0.5, 0.6) is 0 Å². The first-order valence-corrected chi connectivity index (χ1v) is 3.91. The molecule has 2 N–H and O–H groups in total. The van der Waals surface area contributed by atoms with Gasteiger partial charge in [0, 0.05) is 6.07 Å². The first kappa shape index (κ1) is 11.4. The molecule has 4 nitrogen and oxygen atoms in total. The number of halogens is 3.